The standard InChI is InChI=1S/C18H28N2O2S/c1-15-6-8-18(9-7-15)23(21,22)20-12-10-19(11-13-20)17-5-3-4-16(2)14-17/h6-9,16-17H,3-5,10-14H2,1-2H3/t16-,17+/m1/s1. The maximum atomic E-state index is 12.7. The molecule has 128 valence electrons. The van der Waals surface area contributed by atoms with E-state index in [1.54, 1.807) is 16.4 Å². The molecule has 0 N–H and O–H groups in total. The van der Waals surface area contributed by atoms with Gasteiger partial charge in [0, 0.05) is 32.2 Å². The zero-order valence-corrected chi connectivity index (χ0v) is 15.1. The van der Waals surface area contributed by atoms with E-state index >= 15 is 0 Å². The summed E-state index contributed by atoms with van der Waals surface area (Å²) in [4.78, 5) is 2.93. The normalized spacial score (nSPS) is 27.9. The van der Waals surface area contributed by atoms with Crippen molar-refractivity contribution in [1.82, 2.24) is 9.21 Å². The third-order valence-electron chi connectivity index (χ3n) is 5.36. The van der Waals surface area contributed by atoms with E-state index in [1.807, 2.05) is 19.1 Å². The first-order chi connectivity index (χ1) is 11.0. The van der Waals surface area contributed by atoms with E-state index in [2.05, 4.69) is 11.8 Å². The van der Waals surface area contributed by atoms with Gasteiger partial charge < -0.3 is 0 Å². The molecule has 1 heterocycles. The van der Waals surface area contributed by atoms with E-state index in [0.717, 1.165) is 24.6 Å². The van der Waals surface area contributed by atoms with Crippen molar-refractivity contribution in [2.45, 2.75) is 50.5 Å². The number of rotatable bonds is 3. The van der Waals surface area contributed by atoms with E-state index < -0.39 is 10.0 Å². The Labute approximate surface area is 140 Å². The van der Waals surface area contributed by atoms with Crippen molar-refractivity contribution in [2.24, 2.45) is 5.92 Å². The number of hydrogen-bond acceptors (Lipinski definition) is 3. The monoisotopic (exact) mass is 336 g/mol. The second-order valence-electron chi connectivity index (χ2n) is 7.18. The van der Waals surface area contributed by atoms with Crippen molar-refractivity contribution in [2.75, 3.05) is 26.2 Å². The SMILES string of the molecule is Cc1ccc(S(=O)(=O)N2CCN([C@H]3CCC[C@@H](C)C3)CC2)cc1. The van der Waals surface area contributed by atoms with Gasteiger partial charge >= 0.3 is 0 Å². The summed E-state index contributed by atoms with van der Waals surface area (Å²) < 4.78 is 27.1. The maximum Gasteiger partial charge on any atom is 0.243 e. The van der Waals surface area contributed by atoms with Crippen LogP contribution < -0.4 is 0 Å². The van der Waals surface area contributed by atoms with E-state index in [9.17, 15) is 8.42 Å². The number of aryl methyl sites for hydroxylation is 1. The summed E-state index contributed by atoms with van der Waals surface area (Å²) >= 11 is 0. The highest BCUT2D eigenvalue weighted by molar-refractivity contribution is 7.89. The summed E-state index contributed by atoms with van der Waals surface area (Å²) in [6, 6.07) is 7.83. The van der Waals surface area contributed by atoms with Crippen LogP contribution in [-0.2, 0) is 10.0 Å². The lowest BCUT2D eigenvalue weighted by Crippen LogP contribution is -2.52. The molecule has 0 radical (unpaired) electrons. The number of sulfonamides is 1. The van der Waals surface area contributed by atoms with Crippen LogP contribution in [0.5, 0.6) is 0 Å². The molecule has 1 aromatic rings. The van der Waals surface area contributed by atoms with Gasteiger partial charge in [-0.05, 0) is 37.8 Å². The van der Waals surface area contributed by atoms with Crippen molar-refractivity contribution in [3.63, 3.8) is 0 Å². The Bertz CT molecular complexity index is 619. The molecule has 1 aliphatic carbocycles. The fraction of sp³-hybridized carbons (Fsp3) is 0.667. The number of nitrogens with zero attached hydrogens (tertiary/aromatic N) is 2. The highest BCUT2D eigenvalue weighted by Crippen LogP contribution is 2.28. The molecule has 0 unspecified atom stereocenters. The molecule has 3 rings (SSSR count). The van der Waals surface area contributed by atoms with Gasteiger partial charge in [0.1, 0.15) is 0 Å². The molecule has 2 aliphatic rings. The fourth-order valence-corrected chi connectivity index (χ4v) is 5.32. The van der Waals surface area contributed by atoms with Crippen molar-refractivity contribution in [3.8, 4) is 0 Å². The molecule has 0 aromatic heterocycles. The van der Waals surface area contributed by atoms with Crippen molar-refractivity contribution < 1.29 is 8.42 Å². The molecule has 0 amide bonds. The lowest BCUT2D eigenvalue weighted by atomic mass is 9.86. The summed E-state index contributed by atoms with van der Waals surface area (Å²) in [7, 11) is -3.34. The third-order valence-corrected chi connectivity index (χ3v) is 7.27. The van der Waals surface area contributed by atoms with Crippen molar-refractivity contribution >= 4 is 10.0 Å². The third kappa shape index (κ3) is 3.78. The van der Waals surface area contributed by atoms with Gasteiger partial charge in [-0.3, -0.25) is 4.90 Å². The van der Waals surface area contributed by atoms with Gasteiger partial charge in [0.25, 0.3) is 0 Å². The largest absolute Gasteiger partial charge is 0.298 e. The topological polar surface area (TPSA) is 40.6 Å². The van der Waals surface area contributed by atoms with Gasteiger partial charge in [-0.15, -0.1) is 0 Å². The zero-order valence-electron chi connectivity index (χ0n) is 14.2. The maximum absolute atomic E-state index is 12.7. The Kier molecular flexibility index (Phi) is 5.09. The first-order valence-corrected chi connectivity index (χ1v) is 10.2. The minimum atomic E-state index is -3.34. The van der Waals surface area contributed by atoms with Gasteiger partial charge in [-0.1, -0.05) is 37.5 Å². The Morgan fingerprint density at radius 2 is 1.65 bits per heavy atom. The highest BCUT2D eigenvalue weighted by Gasteiger charge is 2.32. The predicted octanol–water partition coefficient (Wildman–Crippen LogP) is 2.88. The van der Waals surface area contributed by atoms with Crippen LogP contribution in [0.4, 0.5) is 0 Å². The Balaban J connectivity index is 1.63. The van der Waals surface area contributed by atoms with Crippen molar-refractivity contribution in [1.29, 1.82) is 0 Å². The molecule has 2 atom stereocenters. The lowest BCUT2D eigenvalue weighted by Gasteiger charge is -2.41. The first-order valence-electron chi connectivity index (χ1n) is 8.77. The van der Waals surface area contributed by atoms with Crippen LogP contribution in [0.3, 0.4) is 0 Å². The molecule has 2 fully saturated rings. The van der Waals surface area contributed by atoms with E-state index in [-0.39, 0.29) is 0 Å². The molecule has 0 bridgehead atoms. The average Bonchev–Trinajstić information content (AvgIpc) is 2.55. The lowest BCUT2D eigenvalue weighted by molar-refractivity contribution is 0.0967. The number of hydrogen-bond donors (Lipinski definition) is 0. The Morgan fingerprint density at radius 3 is 2.26 bits per heavy atom. The minimum Gasteiger partial charge on any atom is -0.298 e. The molecule has 23 heavy (non-hydrogen) atoms. The smallest absolute Gasteiger partial charge is 0.243 e. The second kappa shape index (κ2) is 6.91. The molecule has 4 nitrogen and oxygen atoms in total. The van der Waals surface area contributed by atoms with Gasteiger partial charge in [-0.2, -0.15) is 4.31 Å². The van der Waals surface area contributed by atoms with E-state index in [4.69, 9.17) is 0 Å². The molecule has 0 spiro atoms. The molecule has 1 aliphatic heterocycles. The average molecular weight is 337 g/mol. The Hall–Kier alpha value is -0.910. The van der Waals surface area contributed by atoms with Crippen molar-refractivity contribution in [3.05, 3.63) is 29.8 Å². The van der Waals surface area contributed by atoms with Gasteiger partial charge in [0.2, 0.25) is 10.0 Å². The fourth-order valence-electron chi connectivity index (χ4n) is 3.90. The first kappa shape index (κ1) is 16.9. The van der Waals surface area contributed by atoms with Crippen LogP contribution in [0.25, 0.3) is 0 Å². The summed E-state index contributed by atoms with van der Waals surface area (Å²) in [6.07, 6.45) is 5.20. The number of benzene rings is 1. The van der Waals surface area contributed by atoms with Crippen LogP contribution in [0.1, 0.15) is 38.2 Å². The van der Waals surface area contributed by atoms with Crippen LogP contribution in [-0.4, -0.2) is 49.8 Å². The van der Waals surface area contributed by atoms with Gasteiger partial charge in [-0.25, -0.2) is 8.42 Å². The van der Waals surface area contributed by atoms with Gasteiger partial charge in [0.05, 0.1) is 4.90 Å². The quantitative estimate of drug-likeness (QED) is 0.852. The van der Waals surface area contributed by atoms with Gasteiger partial charge in [0.15, 0.2) is 0 Å². The summed E-state index contributed by atoms with van der Waals surface area (Å²) in [5.41, 5.74) is 1.08. The summed E-state index contributed by atoms with van der Waals surface area (Å²) in [6.45, 7) is 7.26. The van der Waals surface area contributed by atoms with Crippen LogP contribution in [0.15, 0.2) is 29.2 Å². The molecule has 1 aromatic carbocycles. The molecule has 1 saturated carbocycles. The summed E-state index contributed by atoms with van der Waals surface area (Å²) in [5.74, 6) is 0.808. The zero-order chi connectivity index (χ0) is 16.4. The molecular formula is C18H28N2O2S. The van der Waals surface area contributed by atoms with Crippen LogP contribution in [0.2, 0.25) is 0 Å². The minimum absolute atomic E-state index is 0.419. The molecule has 1 saturated heterocycles. The number of piperazine rings is 1. The summed E-state index contributed by atoms with van der Waals surface area (Å²) in [5, 5.41) is 0. The molecular weight excluding hydrogens is 308 g/mol. The predicted molar refractivity (Wildman–Crippen MR) is 92.9 cm³/mol. The van der Waals surface area contributed by atoms with E-state index in [1.165, 1.54) is 25.7 Å². The second-order valence-corrected chi connectivity index (χ2v) is 9.12. The highest BCUT2D eigenvalue weighted by atomic mass is 32.2. The van der Waals surface area contributed by atoms with Crippen LogP contribution in [0, 0.1) is 12.8 Å². The molecule has 5 heteroatoms. The Morgan fingerprint density at radius 1 is 1.00 bits per heavy atom. The van der Waals surface area contributed by atoms with E-state index in [0.29, 0.717) is 24.0 Å². The van der Waals surface area contributed by atoms with Crippen LogP contribution >= 0.6 is 0 Å².